The van der Waals surface area contributed by atoms with Crippen LogP contribution in [0, 0.1) is 5.92 Å². The van der Waals surface area contributed by atoms with Crippen molar-refractivity contribution in [3.8, 4) is 33.4 Å². The molecule has 2 unspecified atom stereocenters. The smallest absolute Gasteiger partial charge is 0.103 e. The fourth-order valence-electron chi connectivity index (χ4n) is 7.94. The lowest BCUT2D eigenvalue weighted by Gasteiger charge is -2.41. The van der Waals surface area contributed by atoms with Gasteiger partial charge in [-0.2, -0.15) is 0 Å². The highest BCUT2D eigenvalue weighted by molar-refractivity contribution is 5.89. The molecular weight excluding hydrogens is 583 g/mol. The van der Waals surface area contributed by atoms with Crippen LogP contribution >= 0.6 is 0 Å². The number of hydrogen-bond acceptors (Lipinski definition) is 2. The number of benzene rings is 6. The van der Waals surface area contributed by atoms with Crippen LogP contribution in [-0.4, -0.2) is 6.34 Å². The van der Waals surface area contributed by atoms with Crippen molar-refractivity contribution in [2.45, 2.75) is 31.2 Å². The molecule has 0 radical (unpaired) electrons. The van der Waals surface area contributed by atoms with Gasteiger partial charge in [-0.1, -0.05) is 152 Å². The van der Waals surface area contributed by atoms with E-state index < -0.39 is 0 Å². The number of rotatable bonds is 9. The molecule has 0 aliphatic heterocycles. The van der Waals surface area contributed by atoms with E-state index in [0.29, 0.717) is 12.5 Å². The Bertz CT molecular complexity index is 2080. The van der Waals surface area contributed by atoms with Crippen LogP contribution in [0.4, 0.5) is 5.69 Å². The fraction of sp³-hybridized carbons (Fsp3) is 0.133. The molecule has 6 aromatic carbocycles. The normalized spacial score (nSPS) is 18.0. The van der Waals surface area contributed by atoms with Gasteiger partial charge in [0.15, 0.2) is 0 Å². The molecule has 0 saturated carbocycles. The summed E-state index contributed by atoms with van der Waals surface area (Å²) < 4.78 is 0. The minimum Gasteiger partial charge on any atom is -0.312 e. The van der Waals surface area contributed by atoms with Gasteiger partial charge in [0.05, 0.1) is 5.69 Å². The number of fused-ring (bicyclic) bond motifs is 3. The molecule has 0 spiro atoms. The van der Waals surface area contributed by atoms with Crippen LogP contribution in [0.25, 0.3) is 33.4 Å². The largest absolute Gasteiger partial charge is 0.312 e. The van der Waals surface area contributed by atoms with Crippen molar-refractivity contribution in [2.24, 2.45) is 10.9 Å². The summed E-state index contributed by atoms with van der Waals surface area (Å²) in [6, 6.07) is 55.0. The van der Waals surface area contributed by atoms with Crippen molar-refractivity contribution >= 4 is 12.0 Å². The summed E-state index contributed by atoms with van der Waals surface area (Å²) in [5.41, 5.74) is 19.9. The molecule has 3 nitrogen and oxygen atoms in total. The molecule has 0 bridgehead atoms. The number of allylic oxidation sites excluding steroid dienone is 2. The van der Waals surface area contributed by atoms with Gasteiger partial charge >= 0.3 is 0 Å². The highest BCUT2D eigenvalue weighted by Gasteiger charge is 2.49. The van der Waals surface area contributed by atoms with Crippen molar-refractivity contribution in [1.82, 2.24) is 10.9 Å². The summed E-state index contributed by atoms with van der Waals surface area (Å²) in [5.74, 6) is 0.459. The Morgan fingerprint density at radius 2 is 1.29 bits per heavy atom. The summed E-state index contributed by atoms with van der Waals surface area (Å²) in [6.45, 7) is 0.701. The molecule has 2 atom stereocenters. The van der Waals surface area contributed by atoms with Gasteiger partial charge < -0.3 is 5.43 Å². The van der Waals surface area contributed by atoms with Crippen LogP contribution in [0.1, 0.15) is 41.5 Å². The van der Waals surface area contributed by atoms with E-state index in [4.69, 9.17) is 4.99 Å². The molecule has 2 N–H and O–H groups in total. The van der Waals surface area contributed by atoms with Gasteiger partial charge in [0.1, 0.15) is 6.34 Å². The van der Waals surface area contributed by atoms with E-state index in [0.717, 1.165) is 36.1 Å². The lowest BCUT2D eigenvalue weighted by Crippen LogP contribution is -2.36. The Labute approximate surface area is 283 Å². The van der Waals surface area contributed by atoms with Gasteiger partial charge in [0.2, 0.25) is 0 Å². The molecule has 2 aliphatic carbocycles. The number of hydrazine groups is 1. The Morgan fingerprint density at radius 1 is 0.604 bits per heavy atom. The first-order valence-electron chi connectivity index (χ1n) is 17.0. The molecule has 234 valence electrons. The third kappa shape index (κ3) is 5.46. The summed E-state index contributed by atoms with van der Waals surface area (Å²) in [5, 5.41) is 0. The minimum absolute atomic E-state index is 0.232. The third-order valence-corrected chi connectivity index (χ3v) is 10.1. The van der Waals surface area contributed by atoms with Gasteiger partial charge in [-0.15, -0.1) is 0 Å². The highest BCUT2D eigenvalue weighted by Crippen LogP contribution is 2.59. The van der Waals surface area contributed by atoms with Crippen LogP contribution in [0.5, 0.6) is 0 Å². The first-order valence-corrected chi connectivity index (χ1v) is 17.0. The van der Waals surface area contributed by atoms with Crippen LogP contribution in [0.15, 0.2) is 169 Å². The maximum absolute atomic E-state index is 5.01. The first kappa shape index (κ1) is 29.9. The average Bonchev–Trinajstić information content (AvgIpc) is 3.46. The molecule has 0 fully saturated rings. The van der Waals surface area contributed by atoms with E-state index in [1.165, 1.54) is 44.5 Å². The molecule has 8 rings (SSSR count). The SMILES string of the molecule is C1=CCC(C2(c3ccccc3)c3ccccc3-c3ccc(-c4ccc(-c5ccccc5)cc4N=CNNCc4ccccc4)cc32)CC1. The molecular formula is C45H39N3. The lowest BCUT2D eigenvalue weighted by atomic mass is 9.61. The molecule has 6 aromatic rings. The van der Waals surface area contributed by atoms with Crippen molar-refractivity contribution in [1.29, 1.82) is 0 Å². The van der Waals surface area contributed by atoms with E-state index in [2.05, 4.69) is 169 Å². The second-order valence-electron chi connectivity index (χ2n) is 12.8. The van der Waals surface area contributed by atoms with Crippen LogP contribution in [0.2, 0.25) is 0 Å². The predicted molar refractivity (Wildman–Crippen MR) is 200 cm³/mol. The molecule has 48 heavy (non-hydrogen) atoms. The topological polar surface area (TPSA) is 36.4 Å². The summed E-state index contributed by atoms with van der Waals surface area (Å²) in [4.78, 5) is 5.01. The Kier molecular flexibility index (Phi) is 8.28. The van der Waals surface area contributed by atoms with E-state index in [1.807, 2.05) is 6.07 Å². The summed E-state index contributed by atoms with van der Waals surface area (Å²) >= 11 is 0. The van der Waals surface area contributed by atoms with Gasteiger partial charge in [-0.25, -0.2) is 10.4 Å². The van der Waals surface area contributed by atoms with Crippen LogP contribution < -0.4 is 10.9 Å². The van der Waals surface area contributed by atoms with Crippen molar-refractivity contribution in [3.05, 3.63) is 186 Å². The number of aliphatic imine (C=N–C) groups is 1. The number of nitrogens with zero attached hydrogens (tertiary/aromatic N) is 1. The number of nitrogens with one attached hydrogen (secondary N) is 2. The lowest BCUT2D eigenvalue weighted by molar-refractivity contribution is 0.349. The van der Waals surface area contributed by atoms with Crippen LogP contribution in [-0.2, 0) is 12.0 Å². The molecule has 0 heterocycles. The van der Waals surface area contributed by atoms with E-state index in [1.54, 1.807) is 6.34 Å². The maximum atomic E-state index is 5.01. The fourth-order valence-corrected chi connectivity index (χ4v) is 7.94. The standard InChI is InChI=1S/C45H39N3/c1-5-15-33(16-6-1)31-47-48-32-46-44-30-35(34-17-7-2-8-18-34)25-27-39(44)36-26-28-41-40-23-13-14-24-42(40)45(43(41)29-36,37-19-9-3-10-20-37)38-21-11-4-12-22-38/h1-11,13-20,23-30,32,38,47H,12,21-22,31H2,(H,46,48). The van der Waals surface area contributed by atoms with E-state index in [-0.39, 0.29) is 5.41 Å². The number of hydrogen-bond donors (Lipinski definition) is 2. The van der Waals surface area contributed by atoms with E-state index >= 15 is 0 Å². The van der Waals surface area contributed by atoms with Crippen molar-refractivity contribution < 1.29 is 0 Å². The van der Waals surface area contributed by atoms with Gasteiger partial charge in [0.25, 0.3) is 0 Å². The third-order valence-electron chi connectivity index (χ3n) is 10.1. The zero-order valence-electron chi connectivity index (χ0n) is 27.0. The quantitative estimate of drug-likeness (QED) is 0.0554. The van der Waals surface area contributed by atoms with Gasteiger partial charge in [0, 0.05) is 17.5 Å². The highest BCUT2D eigenvalue weighted by atomic mass is 15.4. The summed E-state index contributed by atoms with van der Waals surface area (Å²) in [7, 11) is 0. The van der Waals surface area contributed by atoms with Crippen LogP contribution in [0.3, 0.4) is 0 Å². The molecule has 0 amide bonds. The monoisotopic (exact) mass is 621 g/mol. The molecule has 2 aliphatic rings. The minimum atomic E-state index is -0.232. The summed E-state index contributed by atoms with van der Waals surface area (Å²) in [6.07, 6.45) is 9.86. The Balaban J connectivity index is 1.24. The van der Waals surface area contributed by atoms with E-state index in [9.17, 15) is 0 Å². The van der Waals surface area contributed by atoms with Gasteiger partial charge in [-0.05, 0) is 87.4 Å². The first-order chi connectivity index (χ1) is 23.8. The second kappa shape index (κ2) is 13.3. The Hall–Kier alpha value is -5.51. The average molecular weight is 622 g/mol. The van der Waals surface area contributed by atoms with Crippen molar-refractivity contribution in [3.63, 3.8) is 0 Å². The molecule has 0 saturated heterocycles. The molecule has 3 heteroatoms. The van der Waals surface area contributed by atoms with Crippen molar-refractivity contribution in [2.75, 3.05) is 0 Å². The van der Waals surface area contributed by atoms with Gasteiger partial charge in [-0.3, -0.25) is 0 Å². The zero-order chi connectivity index (χ0) is 32.2. The molecule has 0 aromatic heterocycles. The predicted octanol–water partition coefficient (Wildman–Crippen LogP) is 10.6. The second-order valence-corrected chi connectivity index (χ2v) is 12.8. The maximum Gasteiger partial charge on any atom is 0.103 e. The Morgan fingerprint density at radius 3 is 2.08 bits per heavy atom. The zero-order valence-corrected chi connectivity index (χ0v) is 27.0.